The van der Waals surface area contributed by atoms with Crippen LogP contribution >= 0.6 is 0 Å². The molecule has 0 aliphatic carbocycles. The van der Waals surface area contributed by atoms with E-state index in [4.69, 9.17) is 28.4 Å². The fourth-order valence-electron chi connectivity index (χ4n) is 4.59. The Morgan fingerprint density at radius 2 is 1.42 bits per heavy atom. The van der Waals surface area contributed by atoms with E-state index in [1.54, 1.807) is 28.4 Å². The molecule has 5 aromatic rings. The van der Waals surface area contributed by atoms with Crippen LogP contribution in [-0.4, -0.2) is 45.2 Å². The van der Waals surface area contributed by atoms with Gasteiger partial charge in [-0.1, -0.05) is 0 Å². The molecule has 0 spiro atoms. The van der Waals surface area contributed by atoms with Crippen molar-refractivity contribution in [3.8, 4) is 34.5 Å². The molecular weight excluding hydrogens is 400 g/mol. The molecule has 0 unspecified atom stereocenters. The molecule has 2 aromatic heterocycles. The first-order valence-corrected chi connectivity index (χ1v) is 9.75. The van der Waals surface area contributed by atoms with Crippen molar-refractivity contribution in [3.05, 3.63) is 24.3 Å². The first kappa shape index (κ1) is 17.9. The molecule has 8 heteroatoms. The largest absolute Gasteiger partial charge is 0.497 e. The number of H-pyrrole nitrogens is 2. The van der Waals surface area contributed by atoms with Gasteiger partial charge in [0.15, 0.2) is 23.0 Å². The predicted octanol–water partition coefficient (Wildman–Crippen LogP) is 4.72. The van der Waals surface area contributed by atoms with Crippen LogP contribution in [0, 0.1) is 0 Å². The van der Waals surface area contributed by atoms with E-state index in [1.807, 2.05) is 24.3 Å². The smallest absolute Gasteiger partial charge is 0.231 e. The number of aromatic amines is 2. The van der Waals surface area contributed by atoms with E-state index >= 15 is 0 Å². The number of fused-ring (bicyclic) bond motifs is 10. The highest BCUT2D eigenvalue weighted by Crippen LogP contribution is 2.54. The van der Waals surface area contributed by atoms with Gasteiger partial charge in [-0.2, -0.15) is 0 Å². The summed E-state index contributed by atoms with van der Waals surface area (Å²) in [6.45, 7) is 0.150. The number of aromatic nitrogens is 2. The van der Waals surface area contributed by atoms with Gasteiger partial charge in [0.25, 0.3) is 0 Å². The van der Waals surface area contributed by atoms with Crippen molar-refractivity contribution in [2.24, 2.45) is 0 Å². The Kier molecular flexibility index (Phi) is 3.62. The van der Waals surface area contributed by atoms with Gasteiger partial charge in [-0.05, 0) is 24.3 Å². The van der Waals surface area contributed by atoms with Crippen LogP contribution in [0.25, 0.3) is 43.6 Å². The van der Waals surface area contributed by atoms with E-state index in [2.05, 4.69) is 9.97 Å². The second-order valence-corrected chi connectivity index (χ2v) is 7.29. The summed E-state index contributed by atoms with van der Waals surface area (Å²) >= 11 is 0. The molecule has 1 aliphatic rings. The molecule has 0 amide bonds. The summed E-state index contributed by atoms with van der Waals surface area (Å²) in [5.41, 5.74) is 3.56. The first-order chi connectivity index (χ1) is 15.2. The molecule has 3 heterocycles. The molecule has 3 aromatic carbocycles. The van der Waals surface area contributed by atoms with Crippen LogP contribution in [0.2, 0.25) is 0 Å². The average molecular weight is 420 g/mol. The standard InChI is InChI=1S/C23H20N2O6/c1-26-10-5-6-13-11(7-10)15-18(24-13)19-16(22-21(15)30-9-31-22)12-8-14(27-2)20(28-3)23(29-4)17(12)25-19/h5-8,24-25H,9H2,1-4H3. The van der Waals surface area contributed by atoms with Crippen LogP contribution in [0.4, 0.5) is 0 Å². The zero-order chi connectivity index (χ0) is 21.3. The maximum absolute atomic E-state index is 5.96. The molecular formula is C23H20N2O6. The average Bonchev–Trinajstić information content (AvgIpc) is 3.51. The number of methoxy groups -OCH3 is 4. The lowest BCUT2D eigenvalue weighted by Crippen LogP contribution is -1.95. The van der Waals surface area contributed by atoms with Crippen molar-refractivity contribution in [1.82, 2.24) is 9.97 Å². The van der Waals surface area contributed by atoms with Gasteiger partial charge in [0, 0.05) is 16.3 Å². The number of hydrogen-bond donors (Lipinski definition) is 2. The Bertz CT molecular complexity index is 1510. The molecule has 0 bridgehead atoms. The lowest BCUT2D eigenvalue weighted by Gasteiger charge is -2.12. The molecule has 6 rings (SSSR count). The fraction of sp³-hybridized carbons (Fsp3) is 0.217. The molecule has 0 fully saturated rings. The van der Waals surface area contributed by atoms with Gasteiger partial charge in [-0.15, -0.1) is 0 Å². The van der Waals surface area contributed by atoms with Gasteiger partial charge >= 0.3 is 0 Å². The number of benzene rings is 3. The van der Waals surface area contributed by atoms with E-state index in [0.717, 1.165) is 49.4 Å². The molecule has 2 N–H and O–H groups in total. The summed E-state index contributed by atoms with van der Waals surface area (Å²) in [6, 6.07) is 7.85. The van der Waals surface area contributed by atoms with Crippen molar-refractivity contribution in [1.29, 1.82) is 0 Å². The number of nitrogens with one attached hydrogen (secondary N) is 2. The van der Waals surface area contributed by atoms with Gasteiger partial charge in [-0.25, -0.2) is 0 Å². The highest BCUT2D eigenvalue weighted by atomic mass is 16.7. The predicted molar refractivity (Wildman–Crippen MR) is 117 cm³/mol. The van der Waals surface area contributed by atoms with E-state index in [0.29, 0.717) is 28.7 Å². The minimum atomic E-state index is 0.150. The molecule has 1 aliphatic heterocycles. The van der Waals surface area contributed by atoms with Gasteiger partial charge in [0.05, 0.1) is 55.8 Å². The second-order valence-electron chi connectivity index (χ2n) is 7.29. The summed E-state index contributed by atoms with van der Waals surface area (Å²) in [5, 5.41) is 3.73. The molecule has 0 radical (unpaired) electrons. The van der Waals surface area contributed by atoms with Gasteiger partial charge in [-0.3, -0.25) is 0 Å². The Labute approximate surface area is 176 Å². The van der Waals surface area contributed by atoms with Crippen LogP contribution in [0.15, 0.2) is 24.3 Å². The van der Waals surface area contributed by atoms with Crippen molar-refractivity contribution in [2.75, 3.05) is 35.2 Å². The van der Waals surface area contributed by atoms with Crippen molar-refractivity contribution in [2.45, 2.75) is 0 Å². The first-order valence-electron chi connectivity index (χ1n) is 9.75. The summed E-state index contributed by atoms with van der Waals surface area (Å²) in [7, 11) is 6.46. The minimum Gasteiger partial charge on any atom is -0.497 e. The normalized spacial score (nSPS) is 12.9. The third-order valence-electron chi connectivity index (χ3n) is 5.92. The highest BCUT2D eigenvalue weighted by Gasteiger charge is 2.29. The topological polar surface area (TPSA) is 87.0 Å². The van der Waals surface area contributed by atoms with Gasteiger partial charge in [0.1, 0.15) is 5.75 Å². The lowest BCUT2D eigenvalue weighted by atomic mass is 10.1. The third-order valence-corrected chi connectivity index (χ3v) is 5.92. The number of rotatable bonds is 4. The Morgan fingerprint density at radius 3 is 2.10 bits per heavy atom. The minimum absolute atomic E-state index is 0.150. The Morgan fingerprint density at radius 1 is 0.710 bits per heavy atom. The van der Waals surface area contributed by atoms with E-state index in [9.17, 15) is 0 Å². The van der Waals surface area contributed by atoms with E-state index < -0.39 is 0 Å². The molecule has 0 saturated carbocycles. The zero-order valence-electron chi connectivity index (χ0n) is 17.5. The van der Waals surface area contributed by atoms with E-state index in [-0.39, 0.29) is 6.79 Å². The lowest BCUT2D eigenvalue weighted by molar-refractivity contribution is 0.176. The van der Waals surface area contributed by atoms with Gasteiger partial charge < -0.3 is 38.4 Å². The number of ether oxygens (including phenoxy) is 6. The molecule has 8 nitrogen and oxygen atoms in total. The fourth-order valence-corrected chi connectivity index (χ4v) is 4.59. The van der Waals surface area contributed by atoms with Crippen molar-refractivity contribution >= 4 is 43.6 Å². The Balaban J connectivity index is 1.85. The molecule has 0 saturated heterocycles. The van der Waals surface area contributed by atoms with Crippen LogP contribution in [-0.2, 0) is 0 Å². The summed E-state index contributed by atoms with van der Waals surface area (Å²) in [5.74, 6) is 3.82. The highest BCUT2D eigenvalue weighted by molar-refractivity contribution is 6.27. The maximum atomic E-state index is 5.96. The summed E-state index contributed by atoms with van der Waals surface area (Å²) < 4.78 is 34.2. The summed E-state index contributed by atoms with van der Waals surface area (Å²) in [6.07, 6.45) is 0. The summed E-state index contributed by atoms with van der Waals surface area (Å²) in [4.78, 5) is 7.06. The van der Waals surface area contributed by atoms with Crippen molar-refractivity contribution in [3.63, 3.8) is 0 Å². The quantitative estimate of drug-likeness (QED) is 0.438. The molecule has 31 heavy (non-hydrogen) atoms. The van der Waals surface area contributed by atoms with Crippen LogP contribution in [0.5, 0.6) is 34.5 Å². The van der Waals surface area contributed by atoms with Crippen LogP contribution < -0.4 is 28.4 Å². The SMILES string of the molecule is COc1ccc2[nH]c3c4[nH]c5c(OC)c(OC)c(OC)cc5c4c4c(c3c2c1)OCO4. The van der Waals surface area contributed by atoms with Crippen molar-refractivity contribution < 1.29 is 28.4 Å². The molecule has 158 valence electrons. The number of hydrogen-bond acceptors (Lipinski definition) is 6. The van der Waals surface area contributed by atoms with Gasteiger partial charge in [0.2, 0.25) is 12.5 Å². The zero-order valence-corrected chi connectivity index (χ0v) is 17.5. The Hall–Kier alpha value is -3.94. The van der Waals surface area contributed by atoms with Crippen LogP contribution in [0.3, 0.4) is 0 Å². The monoisotopic (exact) mass is 420 g/mol. The third kappa shape index (κ3) is 2.19. The van der Waals surface area contributed by atoms with Crippen LogP contribution in [0.1, 0.15) is 0 Å². The second kappa shape index (κ2) is 6.28. The maximum Gasteiger partial charge on any atom is 0.231 e. The molecule has 0 atom stereocenters. The van der Waals surface area contributed by atoms with E-state index in [1.165, 1.54) is 0 Å².